The SMILES string of the molecule is COCCC1COC(c2ccc3c(F)c(CCc4ccc(OC(F)(F)F)c(F)c4)ccc3c2)OC1. The van der Waals surface area contributed by atoms with Crippen molar-refractivity contribution in [3.05, 3.63) is 76.9 Å². The van der Waals surface area contributed by atoms with Gasteiger partial charge in [0.1, 0.15) is 5.82 Å². The summed E-state index contributed by atoms with van der Waals surface area (Å²) in [6.45, 7) is 1.76. The van der Waals surface area contributed by atoms with Gasteiger partial charge in [-0.15, -0.1) is 13.2 Å². The lowest BCUT2D eigenvalue weighted by atomic mass is 9.98. The lowest BCUT2D eigenvalue weighted by Crippen LogP contribution is -2.27. The van der Waals surface area contributed by atoms with Crippen LogP contribution >= 0.6 is 0 Å². The van der Waals surface area contributed by atoms with E-state index in [1.165, 1.54) is 6.07 Å². The van der Waals surface area contributed by atoms with Crippen molar-refractivity contribution in [2.24, 2.45) is 5.92 Å². The van der Waals surface area contributed by atoms with Gasteiger partial charge in [-0.1, -0.05) is 30.3 Å². The Morgan fingerprint density at radius 3 is 2.40 bits per heavy atom. The highest BCUT2D eigenvalue weighted by Gasteiger charge is 2.32. The van der Waals surface area contributed by atoms with Gasteiger partial charge in [0, 0.05) is 30.6 Å². The van der Waals surface area contributed by atoms with Crippen LogP contribution in [0, 0.1) is 17.6 Å². The van der Waals surface area contributed by atoms with Crippen molar-refractivity contribution < 1.29 is 40.9 Å². The van der Waals surface area contributed by atoms with Crippen LogP contribution in [0.15, 0.2) is 48.5 Å². The van der Waals surface area contributed by atoms with E-state index in [2.05, 4.69) is 4.74 Å². The number of rotatable bonds is 8. The predicted octanol–water partition coefficient (Wildman–Crippen LogP) is 6.50. The van der Waals surface area contributed by atoms with Gasteiger partial charge in [0.05, 0.1) is 13.2 Å². The van der Waals surface area contributed by atoms with Crippen molar-refractivity contribution in [3.8, 4) is 5.75 Å². The minimum absolute atomic E-state index is 0.248. The lowest BCUT2D eigenvalue weighted by molar-refractivity contribution is -0.275. The summed E-state index contributed by atoms with van der Waals surface area (Å²) in [7, 11) is 1.65. The summed E-state index contributed by atoms with van der Waals surface area (Å²) < 4.78 is 86.4. The monoisotopic (exact) mass is 496 g/mol. The third kappa shape index (κ3) is 6.48. The third-order valence-electron chi connectivity index (χ3n) is 5.93. The molecule has 1 saturated heterocycles. The molecule has 0 amide bonds. The molecule has 0 bridgehead atoms. The second-order valence-corrected chi connectivity index (χ2v) is 8.48. The quantitative estimate of drug-likeness (QED) is 0.334. The van der Waals surface area contributed by atoms with Gasteiger partial charge in [-0.05, 0) is 54.0 Å². The van der Waals surface area contributed by atoms with Crippen molar-refractivity contribution in [3.63, 3.8) is 0 Å². The molecular weight excluding hydrogens is 471 g/mol. The first-order valence-electron chi connectivity index (χ1n) is 11.2. The number of alkyl halides is 3. The van der Waals surface area contributed by atoms with Gasteiger partial charge in [-0.25, -0.2) is 8.78 Å². The smallest absolute Gasteiger partial charge is 0.403 e. The average Bonchev–Trinajstić information content (AvgIpc) is 2.83. The molecule has 0 radical (unpaired) electrons. The topological polar surface area (TPSA) is 36.9 Å². The molecule has 3 aromatic carbocycles. The first kappa shape index (κ1) is 25.3. The summed E-state index contributed by atoms with van der Waals surface area (Å²) in [4.78, 5) is 0. The maximum absolute atomic E-state index is 15.2. The molecule has 0 aliphatic carbocycles. The number of methoxy groups -OCH3 is 1. The van der Waals surface area contributed by atoms with Gasteiger partial charge < -0.3 is 18.9 Å². The van der Waals surface area contributed by atoms with Crippen LogP contribution in [0.25, 0.3) is 10.8 Å². The highest BCUT2D eigenvalue weighted by Crippen LogP contribution is 2.31. The molecule has 0 unspecified atom stereocenters. The number of hydrogen-bond donors (Lipinski definition) is 0. The molecule has 188 valence electrons. The second kappa shape index (κ2) is 10.9. The Kier molecular flexibility index (Phi) is 7.88. The molecule has 1 fully saturated rings. The highest BCUT2D eigenvalue weighted by atomic mass is 19.4. The van der Waals surface area contributed by atoms with Crippen molar-refractivity contribution in [2.45, 2.75) is 31.9 Å². The summed E-state index contributed by atoms with van der Waals surface area (Å²) in [5.74, 6) is -2.14. The Morgan fingerprint density at radius 2 is 1.71 bits per heavy atom. The summed E-state index contributed by atoms with van der Waals surface area (Å²) in [5, 5.41) is 1.12. The molecular formula is C26H25F5O4. The summed E-state index contributed by atoms with van der Waals surface area (Å²) in [5.41, 5.74) is 1.65. The van der Waals surface area contributed by atoms with Crippen LogP contribution < -0.4 is 4.74 Å². The molecule has 1 aliphatic heterocycles. The van der Waals surface area contributed by atoms with E-state index in [1.54, 1.807) is 31.4 Å². The fourth-order valence-electron chi connectivity index (χ4n) is 4.07. The van der Waals surface area contributed by atoms with E-state index in [4.69, 9.17) is 14.2 Å². The van der Waals surface area contributed by atoms with Gasteiger partial charge in [-0.2, -0.15) is 0 Å². The predicted molar refractivity (Wildman–Crippen MR) is 119 cm³/mol. The number of ether oxygens (including phenoxy) is 4. The zero-order chi connectivity index (χ0) is 25.0. The van der Waals surface area contributed by atoms with E-state index in [1.807, 2.05) is 6.07 Å². The summed E-state index contributed by atoms with van der Waals surface area (Å²) in [6.07, 6.45) is -4.14. The van der Waals surface area contributed by atoms with Crippen LogP contribution in [0.1, 0.15) is 29.4 Å². The van der Waals surface area contributed by atoms with E-state index in [0.717, 1.165) is 24.1 Å². The fraction of sp³-hybridized carbons (Fsp3) is 0.385. The molecule has 1 aliphatic rings. The summed E-state index contributed by atoms with van der Waals surface area (Å²) in [6, 6.07) is 11.9. The zero-order valence-electron chi connectivity index (χ0n) is 19.0. The van der Waals surface area contributed by atoms with Gasteiger partial charge in [-0.3, -0.25) is 0 Å². The average molecular weight is 496 g/mol. The van der Waals surface area contributed by atoms with E-state index in [9.17, 15) is 17.6 Å². The van der Waals surface area contributed by atoms with E-state index in [-0.39, 0.29) is 18.8 Å². The minimum Gasteiger partial charge on any atom is -0.403 e. The molecule has 4 nitrogen and oxygen atoms in total. The Morgan fingerprint density at radius 1 is 0.943 bits per heavy atom. The molecule has 0 saturated carbocycles. The van der Waals surface area contributed by atoms with Crippen LogP contribution in [-0.2, 0) is 27.1 Å². The third-order valence-corrected chi connectivity index (χ3v) is 5.93. The standard InChI is InChI=1S/C26H25F5O4/c1-32-11-10-17-14-33-25(34-15-17)20-7-8-21-19(13-20)6-5-18(24(21)28)4-2-16-3-9-23(22(27)12-16)35-26(29,30)31/h3,5-9,12-13,17,25H,2,4,10-11,14-15H2,1H3. The molecule has 1 heterocycles. The molecule has 0 aromatic heterocycles. The zero-order valence-corrected chi connectivity index (χ0v) is 19.0. The van der Waals surface area contributed by atoms with E-state index < -0.39 is 30.0 Å². The normalized spacial score (nSPS) is 18.7. The minimum atomic E-state index is -4.97. The lowest BCUT2D eigenvalue weighted by Gasteiger charge is -2.29. The van der Waals surface area contributed by atoms with Gasteiger partial charge >= 0.3 is 6.36 Å². The first-order valence-corrected chi connectivity index (χ1v) is 11.2. The number of fused-ring (bicyclic) bond motifs is 1. The molecule has 9 heteroatoms. The molecule has 4 rings (SSSR count). The largest absolute Gasteiger partial charge is 0.573 e. The Hall–Kier alpha value is -2.75. The van der Waals surface area contributed by atoms with Gasteiger partial charge in [0.25, 0.3) is 0 Å². The molecule has 35 heavy (non-hydrogen) atoms. The van der Waals surface area contributed by atoms with Crippen molar-refractivity contribution in [1.82, 2.24) is 0 Å². The van der Waals surface area contributed by atoms with Crippen LogP contribution in [0.5, 0.6) is 5.75 Å². The second-order valence-electron chi connectivity index (χ2n) is 8.48. The molecule has 0 N–H and O–H groups in total. The number of hydrogen-bond acceptors (Lipinski definition) is 4. The molecule has 0 atom stereocenters. The van der Waals surface area contributed by atoms with E-state index >= 15 is 4.39 Å². The van der Waals surface area contributed by atoms with Crippen LogP contribution in [-0.4, -0.2) is 33.3 Å². The maximum Gasteiger partial charge on any atom is 0.573 e. The number of benzene rings is 3. The van der Waals surface area contributed by atoms with Gasteiger partial charge in [0.2, 0.25) is 0 Å². The molecule has 3 aromatic rings. The highest BCUT2D eigenvalue weighted by molar-refractivity contribution is 5.84. The van der Waals surface area contributed by atoms with Crippen LogP contribution in [0.4, 0.5) is 22.0 Å². The van der Waals surface area contributed by atoms with Crippen LogP contribution in [0.3, 0.4) is 0 Å². The summed E-state index contributed by atoms with van der Waals surface area (Å²) >= 11 is 0. The number of aryl methyl sites for hydroxylation is 2. The maximum atomic E-state index is 15.2. The first-order chi connectivity index (χ1) is 16.7. The fourth-order valence-corrected chi connectivity index (χ4v) is 4.07. The van der Waals surface area contributed by atoms with Crippen LogP contribution in [0.2, 0.25) is 0 Å². The van der Waals surface area contributed by atoms with Gasteiger partial charge in [0.15, 0.2) is 17.9 Å². The van der Waals surface area contributed by atoms with E-state index in [0.29, 0.717) is 41.7 Å². The van der Waals surface area contributed by atoms with Crippen molar-refractivity contribution >= 4 is 10.8 Å². The van der Waals surface area contributed by atoms with Crippen molar-refractivity contribution in [2.75, 3.05) is 26.9 Å². The Labute approximate surface area is 199 Å². The Bertz CT molecular complexity index is 1160. The molecule has 0 spiro atoms. The van der Waals surface area contributed by atoms with Crippen molar-refractivity contribution in [1.29, 1.82) is 0 Å². The Balaban J connectivity index is 1.41. The number of halogens is 5.